The lowest BCUT2D eigenvalue weighted by molar-refractivity contribution is -0.0260. The fourth-order valence-electron chi connectivity index (χ4n) is 1.04. The summed E-state index contributed by atoms with van der Waals surface area (Å²) in [7, 11) is 0. The van der Waals surface area contributed by atoms with E-state index in [0.29, 0.717) is 10.6 Å². The molecule has 0 aliphatic heterocycles. The molecule has 0 aliphatic rings. The van der Waals surface area contributed by atoms with E-state index < -0.39 is 11.4 Å². The van der Waals surface area contributed by atoms with Crippen molar-refractivity contribution >= 4 is 11.6 Å². The lowest BCUT2D eigenvalue weighted by Crippen LogP contribution is -2.26. The number of halogens is 2. The van der Waals surface area contributed by atoms with Crippen molar-refractivity contribution in [2.24, 2.45) is 5.90 Å². The first kappa shape index (κ1) is 10.4. The fourth-order valence-corrected chi connectivity index (χ4v) is 1.20. The van der Waals surface area contributed by atoms with Crippen molar-refractivity contribution in [3.05, 3.63) is 34.6 Å². The molecule has 0 radical (unpaired) electrons. The third-order valence-electron chi connectivity index (χ3n) is 1.87. The van der Waals surface area contributed by atoms with Gasteiger partial charge in [0.1, 0.15) is 11.4 Å². The van der Waals surface area contributed by atoms with Crippen molar-refractivity contribution in [1.82, 2.24) is 0 Å². The van der Waals surface area contributed by atoms with E-state index in [9.17, 15) is 4.39 Å². The molecule has 0 aromatic heterocycles. The predicted molar refractivity (Wildman–Crippen MR) is 49.7 cm³/mol. The lowest BCUT2D eigenvalue weighted by atomic mass is 9.98. The van der Waals surface area contributed by atoms with Crippen LogP contribution in [0.25, 0.3) is 0 Å². The van der Waals surface area contributed by atoms with Gasteiger partial charge in [-0.15, -0.1) is 0 Å². The summed E-state index contributed by atoms with van der Waals surface area (Å²) in [5.41, 5.74) is -0.450. The summed E-state index contributed by atoms with van der Waals surface area (Å²) >= 11 is 5.60. The summed E-state index contributed by atoms with van der Waals surface area (Å²) in [5.74, 6) is 4.63. The lowest BCUT2D eigenvalue weighted by Gasteiger charge is -2.22. The van der Waals surface area contributed by atoms with Crippen LogP contribution in [0, 0.1) is 5.82 Å². The minimum absolute atomic E-state index is 0.356. The molecule has 0 heterocycles. The molecule has 13 heavy (non-hydrogen) atoms. The van der Waals surface area contributed by atoms with Crippen molar-refractivity contribution in [2.45, 2.75) is 19.4 Å². The van der Waals surface area contributed by atoms with Crippen LogP contribution in [0.1, 0.15) is 19.4 Å². The number of nitrogens with two attached hydrogens (primary N) is 1. The number of hydrogen-bond donors (Lipinski definition) is 1. The maximum atomic E-state index is 13.3. The first-order chi connectivity index (χ1) is 5.97. The van der Waals surface area contributed by atoms with Crippen molar-refractivity contribution in [3.8, 4) is 0 Å². The SMILES string of the molecule is CC(C)(ON)c1ccc(Cl)cc1F. The molecular weight excluding hydrogens is 193 g/mol. The van der Waals surface area contributed by atoms with E-state index in [-0.39, 0.29) is 0 Å². The van der Waals surface area contributed by atoms with E-state index >= 15 is 0 Å². The zero-order chi connectivity index (χ0) is 10.1. The summed E-state index contributed by atoms with van der Waals surface area (Å²) in [6, 6.07) is 4.39. The van der Waals surface area contributed by atoms with Crippen molar-refractivity contribution in [2.75, 3.05) is 0 Å². The van der Waals surface area contributed by atoms with E-state index in [1.165, 1.54) is 6.07 Å². The molecule has 0 amide bonds. The molecule has 0 saturated heterocycles. The molecule has 0 fully saturated rings. The number of rotatable bonds is 2. The third kappa shape index (κ3) is 2.18. The molecule has 0 unspecified atom stereocenters. The monoisotopic (exact) mass is 203 g/mol. The van der Waals surface area contributed by atoms with Crippen LogP contribution in [-0.4, -0.2) is 0 Å². The highest BCUT2D eigenvalue weighted by Gasteiger charge is 2.24. The number of hydrogen-bond acceptors (Lipinski definition) is 2. The van der Waals surface area contributed by atoms with Gasteiger partial charge in [-0.3, -0.25) is 4.84 Å². The molecule has 2 N–H and O–H groups in total. The quantitative estimate of drug-likeness (QED) is 0.750. The summed E-state index contributed by atoms with van der Waals surface area (Å²) < 4.78 is 13.3. The Morgan fingerprint density at radius 3 is 2.54 bits per heavy atom. The van der Waals surface area contributed by atoms with E-state index in [1.54, 1.807) is 26.0 Å². The van der Waals surface area contributed by atoms with Crippen LogP contribution in [0.2, 0.25) is 5.02 Å². The summed E-state index contributed by atoms with van der Waals surface area (Å²) in [4.78, 5) is 4.66. The van der Waals surface area contributed by atoms with Gasteiger partial charge in [-0.05, 0) is 26.0 Å². The third-order valence-corrected chi connectivity index (χ3v) is 2.11. The zero-order valence-electron chi connectivity index (χ0n) is 7.47. The Bertz CT molecular complexity index is 314. The van der Waals surface area contributed by atoms with Gasteiger partial charge in [-0.25, -0.2) is 10.3 Å². The van der Waals surface area contributed by atoms with E-state index in [0.717, 1.165) is 0 Å². The molecule has 0 aliphatic carbocycles. The molecule has 0 bridgehead atoms. The average molecular weight is 204 g/mol. The van der Waals surface area contributed by atoms with Gasteiger partial charge in [0.2, 0.25) is 0 Å². The van der Waals surface area contributed by atoms with Crippen LogP contribution in [0.15, 0.2) is 18.2 Å². The van der Waals surface area contributed by atoms with Gasteiger partial charge >= 0.3 is 0 Å². The molecule has 4 heteroatoms. The highest BCUT2D eigenvalue weighted by atomic mass is 35.5. The Balaban J connectivity index is 3.16. The first-order valence-electron chi connectivity index (χ1n) is 3.81. The maximum Gasteiger partial charge on any atom is 0.130 e. The van der Waals surface area contributed by atoms with Crippen molar-refractivity contribution in [1.29, 1.82) is 0 Å². The minimum atomic E-state index is -0.839. The predicted octanol–water partition coefficient (Wildman–Crippen LogP) is 2.60. The second kappa shape index (κ2) is 3.62. The zero-order valence-corrected chi connectivity index (χ0v) is 8.23. The molecule has 72 valence electrons. The maximum absolute atomic E-state index is 13.3. The summed E-state index contributed by atoms with van der Waals surface area (Å²) in [5, 5.41) is 0.356. The molecule has 0 spiro atoms. The van der Waals surface area contributed by atoms with Crippen molar-refractivity contribution in [3.63, 3.8) is 0 Å². The van der Waals surface area contributed by atoms with Crippen molar-refractivity contribution < 1.29 is 9.23 Å². The smallest absolute Gasteiger partial charge is 0.130 e. The molecule has 0 atom stereocenters. The highest BCUT2D eigenvalue weighted by molar-refractivity contribution is 6.30. The molecule has 1 aromatic carbocycles. The van der Waals surface area contributed by atoms with E-state index in [1.807, 2.05) is 0 Å². The van der Waals surface area contributed by atoms with Gasteiger partial charge in [-0.1, -0.05) is 17.7 Å². The molecule has 1 aromatic rings. The molecule has 0 saturated carbocycles. The van der Waals surface area contributed by atoms with Gasteiger partial charge in [-0.2, -0.15) is 0 Å². The van der Waals surface area contributed by atoms with Crippen LogP contribution in [0.5, 0.6) is 0 Å². The Morgan fingerprint density at radius 2 is 2.08 bits per heavy atom. The van der Waals surface area contributed by atoms with Gasteiger partial charge in [0, 0.05) is 10.6 Å². The van der Waals surface area contributed by atoms with Crippen LogP contribution in [0.3, 0.4) is 0 Å². The largest absolute Gasteiger partial charge is 0.294 e. The summed E-state index contributed by atoms with van der Waals surface area (Å²) in [6.45, 7) is 3.36. The average Bonchev–Trinajstić information content (AvgIpc) is 2.03. The summed E-state index contributed by atoms with van der Waals surface area (Å²) in [6.07, 6.45) is 0. The minimum Gasteiger partial charge on any atom is -0.294 e. The van der Waals surface area contributed by atoms with Crippen LogP contribution in [-0.2, 0) is 10.4 Å². The van der Waals surface area contributed by atoms with Gasteiger partial charge < -0.3 is 0 Å². The van der Waals surface area contributed by atoms with Gasteiger partial charge in [0.15, 0.2) is 0 Å². The first-order valence-corrected chi connectivity index (χ1v) is 4.18. The standard InChI is InChI=1S/C9H11ClFNO/c1-9(2,13-12)7-4-3-6(10)5-8(7)11/h3-5H,12H2,1-2H3. The van der Waals surface area contributed by atoms with Crippen LogP contribution >= 0.6 is 11.6 Å². The fraction of sp³-hybridized carbons (Fsp3) is 0.333. The van der Waals surface area contributed by atoms with Gasteiger partial charge in [0.05, 0.1) is 0 Å². The topological polar surface area (TPSA) is 35.2 Å². The number of benzene rings is 1. The Kier molecular flexibility index (Phi) is 2.91. The van der Waals surface area contributed by atoms with Gasteiger partial charge in [0.25, 0.3) is 0 Å². The molecule has 1 rings (SSSR count). The normalized spacial score (nSPS) is 11.8. The van der Waals surface area contributed by atoms with Crippen LogP contribution in [0.4, 0.5) is 4.39 Å². The molecular formula is C9H11ClFNO. The van der Waals surface area contributed by atoms with E-state index in [2.05, 4.69) is 4.84 Å². The second-order valence-electron chi connectivity index (χ2n) is 3.25. The molecule has 2 nitrogen and oxygen atoms in total. The highest BCUT2D eigenvalue weighted by Crippen LogP contribution is 2.27. The van der Waals surface area contributed by atoms with E-state index in [4.69, 9.17) is 17.5 Å². The van der Waals surface area contributed by atoms with Crippen LogP contribution < -0.4 is 5.90 Å². The Labute approximate surface area is 81.4 Å². The Hall–Kier alpha value is -0.640. The Morgan fingerprint density at radius 1 is 1.46 bits per heavy atom. The second-order valence-corrected chi connectivity index (χ2v) is 3.69.